The van der Waals surface area contributed by atoms with Gasteiger partial charge in [-0.1, -0.05) is 0 Å². The lowest BCUT2D eigenvalue weighted by molar-refractivity contribution is -0.138. The summed E-state index contributed by atoms with van der Waals surface area (Å²) in [5.74, 6) is -2.71. The normalized spacial score (nSPS) is 10.4. The largest absolute Gasteiger partial charge is 0.480 e. The zero-order chi connectivity index (χ0) is 13.0. The van der Waals surface area contributed by atoms with E-state index in [0.717, 1.165) is 4.90 Å². The minimum absolute atomic E-state index is 0.220. The Kier molecular flexibility index (Phi) is 4.14. The van der Waals surface area contributed by atoms with Crippen molar-refractivity contribution in [2.75, 3.05) is 6.54 Å². The van der Waals surface area contributed by atoms with Crippen molar-refractivity contribution >= 4 is 11.9 Å². The molecule has 0 aliphatic carbocycles. The van der Waals surface area contributed by atoms with Gasteiger partial charge in [0.2, 0.25) is 5.95 Å². The van der Waals surface area contributed by atoms with Crippen LogP contribution in [0.15, 0.2) is 18.3 Å². The van der Waals surface area contributed by atoms with Crippen LogP contribution in [-0.2, 0) is 4.79 Å². The van der Waals surface area contributed by atoms with Gasteiger partial charge in [-0.25, -0.2) is 4.98 Å². The lowest BCUT2D eigenvalue weighted by Crippen LogP contribution is -2.41. The highest BCUT2D eigenvalue weighted by Crippen LogP contribution is 2.10. The molecule has 92 valence electrons. The van der Waals surface area contributed by atoms with E-state index in [9.17, 15) is 14.0 Å². The number of halogens is 1. The van der Waals surface area contributed by atoms with Crippen molar-refractivity contribution < 1.29 is 19.1 Å². The van der Waals surface area contributed by atoms with Crippen molar-refractivity contribution in [1.82, 2.24) is 9.88 Å². The smallest absolute Gasteiger partial charge is 0.323 e. The highest BCUT2D eigenvalue weighted by atomic mass is 19.1. The van der Waals surface area contributed by atoms with Gasteiger partial charge in [-0.2, -0.15) is 4.39 Å². The fourth-order valence-electron chi connectivity index (χ4n) is 1.33. The summed E-state index contributed by atoms with van der Waals surface area (Å²) >= 11 is 0. The summed E-state index contributed by atoms with van der Waals surface area (Å²) in [6.07, 6.45) is 1.23. The first-order chi connectivity index (χ1) is 7.93. The summed E-state index contributed by atoms with van der Waals surface area (Å²) in [6, 6.07) is 2.37. The first kappa shape index (κ1) is 13.1. The lowest BCUT2D eigenvalue weighted by atomic mass is 10.2. The van der Waals surface area contributed by atoms with E-state index in [2.05, 4.69) is 4.98 Å². The quantitative estimate of drug-likeness (QED) is 0.801. The van der Waals surface area contributed by atoms with Gasteiger partial charge in [-0.05, 0) is 26.0 Å². The minimum Gasteiger partial charge on any atom is -0.480 e. The van der Waals surface area contributed by atoms with E-state index in [1.54, 1.807) is 13.8 Å². The number of nitrogens with zero attached hydrogens (tertiary/aromatic N) is 2. The van der Waals surface area contributed by atoms with Crippen LogP contribution in [0.3, 0.4) is 0 Å². The fourth-order valence-corrected chi connectivity index (χ4v) is 1.33. The number of aliphatic carboxylic acids is 1. The van der Waals surface area contributed by atoms with Gasteiger partial charge >= 0.3 is 5.97 Å². The first-order valence-electron chi connectivity index (χ1n) is 5.06. The molecule has 0 aliphatic heterocycles. The van der Waals surface area contributed by atoms with E-state index in [1.165, 1.54) is 18.3 Å². The number of carbonyl (C=O) groups is 2. The Morgan fingerprint density at radius 2 is 2.18 bits per heavy atom. The molecule has 1 heterocycles. The lowest BCUT2D eigenvalue weighted by Gasteiger charge is -2.24. The topological polar surface area (TPSA) is 70.5 Å². The van der Waals surface area contributed by atoms with Crippen LogP contribution < -0.4 is 0 Å². The second kappa shape index (κ2) is 5.38. The van der Waals surface area contributed by atoms with Crippen LogP contribution >= 0.6 is 0 Å². The number of aromatic nitrogens is 1. The zero-order valence-corrected chi connectivity index (χ0v) is 9.55. The molecule has 1 N–H and O–H groups in total. The van der Waals surface area contributed by atoms with Crippen LogP contribution in [0.1, 0.15) is 24.2 Å². The Bertz CT molecular complexity index is 434. The van der Waals surface area contributed by atoms with E-state index >= 15 is 0 Å². The molecule has 0 aliphatic rings. The molecule has 1 aromatic heterocycles. The van der Waals surface area contributed by atoms with Gasteiger partial charge in [0.15, 0.2) is 0 Å². The zero-order valence-electron chi connectivity index (χ0n) is 9.55. The molecule has 0 unspecified atom stereocenters. The van der Waals surface area contributed by atoms with E-state index in [-0.39, 0.29) is 11.6 Å². The van der Waals surface area contributed by atoms with E-state index < -0.39 is 24.4 Å². The van der Waals surface area contributed by atoms with Gasteiger partial charge < -0.3 is 10.0 Å². The maximum atomic E-state index is 13.3. The monoisotopic (exact) mass is 240 g/mol. The van der Waals surface area contributed by atoms with Crippen LogP contribution in [-0.4, -0.2) is 39.5 Å². The van der Waals surface area contributed by atoms with Gasteiger partial charge in [0.05, 0.1) is 5.56 Å². The molecule has 6 heteroatoms. The molecule has 1 aromatic rings. The number of carbonyl (C=O) groups excluding carboxylic acids is 1. The maximum absolute atomic E-state index is 13.3. The molecule has 0 fully saturated rings. The third-order valence-electron chi connectivity index (χ3n) is 2.18. The third kappa shape index (κ3) is 3.24. The number of hydrogen-bond donors (Lipinski definition) is 1. The van der Waals surface area contributed by atoms with Crippen LogP contribution in [0.4, 0.5) is 4.39 Å². The number of hydrogen-bond acceptors (Lipinski definition) is 3. The average Bonchev–Trinajstić information content (AvgIpc) is 2.25. The SMILES string of the molecule is CC(C)N(CC(=O)O)C(=O)c1cccnc1F. The fraction of sp³-hybridized carbons (Fsp3) is 0.364. The molecule has 0 saturated heterocycles. The maximum Gasteiger partial charge on any atom is 0.323 e. The Hall–Kier alpha value is -1.98. The number of carboxylic acid groups (broad SMARTS) is 1. The number of pyridine rings is 1. The van der Waals surface area contributed by atoms with Crippen molar-refractivity contribution in [3.05, 3.63) is 29.8 Å². The predicted octanol–water partition coefficient (Wildman–Crippen LogP) is 1.16. The van der Waals surface area contributed by atoms with E-state index in [4.69, 9.17) is 5.11 Å². The molecule has 17 heavy (non-hydrogen) atoms. The van der Waals surface area contributed by atoms with E-state index in [0.29, 0.717) is 0 Å². The molecular formula is C11H13FN2O3. The Labute approximate surface area is 97.9 Å². The second-order valence-electron chi connectivity index (χ2n) is 3.76. The Morgan fingerprint density at radius 1 is 1.53 bits per heavy atom. The number of rotatable bonds is 4. The summed E-state index contributed by atoms with van der Waals surface area (Å²) in [7, 11) is 0. The summed E-state index contributed by atoms with van der Waals surface area (Å²) in [5.41, 5.74) is -0.220. The molecule has 0 bridgehead atoms. The van der Waals surface area contributed by atoms with Crippen LogP contribution in [0.2, 0.25) is 0 Å². The molecule has 0 spiro atoms. The van der Waals surface area contributed by atoms with Crippen molar-refractivity contribution in [3.8, 4) is 0 Å². The van der Waals surface area contributed by atoms with Crippen molar-refractivity contribution in [2.24, 2.45) is 0 Å². The average molecular weight is 240 g/mol. The summed E-state index contributed by atoms with van der Waals surface area (Å²) in [5, 5.41) is 8.69. The minimum atomic E-state index is -1.14. The predicted molar refractivity (Wildman–Crippen MR) is 58.0 cm³/mol. The summed E-state index contributed by atoms with van der Waals surface area (Å²) < 4.78 is 13.3. The van der Waals surface area contributed by atoms with Crippen LogP contribution in [0.5, 0.6) is 0 Å². The van der Waals surface area contributed by atoms with Gasteiger partial charge in [0, 0.05) is 12.2 Å². The van der Waals surface area contributed by atoms with Crippen molar-refractivity contribution in [2.45, 2.75) is 19.9 Å². The molecule has 1 amide bonds. The van der Waals surface area contributed by atoms with Crippen molar-refractivity contribution in [1.29, 1.82) is 0 Å². The first-order valence-corrected chi connectivity index (χ1v) is 5.06. The number of carboxylic acids is 1. The van der Waals surface area contributed by atoms with Gasteiger partial charge in [0.25, 0.3) is 5.91 Å². The van der Waals surface area contributed by atoms with Crippen LogP contribution in [0.25, 0.3) is 0 Å². The van der Waals surface area contributed by atoms with Crippen LogP contribution in [0, 0.1) is 5.95 Å². The van der Waals surface area contributed by atoms with Crippen molar-refractivity contribution in [3.63, 3.8) is 0 Å². The molecule has 0 atom stereocenters. The van der Waals surface area contributed by atoms with Gasteiger partial charge in [-0.3, -0.25) is 9.59 Å². The molecule has 0 aromatic carbocycles. The molecule has 0 radical (unpaired) electrons. The number of amides is 1. The van der Waals surface area contributed by atoms with Gasteiger partial charge in [-0.15, -0.1) is 0 Å². The summed E-state index contributed by atoms with van der Waals surface area (Å²) in [4.78, 5) is 27.0. The molecule has 0 saturated carbocycles. The third-order valence-corrected chi connectivity index (χ3v) is 2.18. The molecule has 5 nitrogen and oxygen atoms in total. The summed E-state index contributed by atoms with van der Waals surface area (Å²) in [6.45, 7) is 2.86. The van der Waals surface area contributed by atoms with Gasteiger partial charge in [0.1, 0.15) is 6.54 Å². The second-order valence-corrected chi connectivity index (χ2v) is 3.76. The van der Waals surface area contributed by atoms with E-state index in [1.807, 2.05) is 0 Å². The Balaban J connectivity index is 3.00. The standard InChI is InChI=1S/C11H13FN2O3/c1-7(2)14(6-9(15)16)11(17)8-4-3-5-13-10(8)12/h3-5,7H,6H2,1-2H3,(H,15,16). The highest BCUT2D eigenvalue weighted by Gasteiger charge is 2.23. The highest BCUT2D eigenvalue weighted by molar-refractivity contribution is 5.95. The molecule has 1 rings (SSSR count). The Morgan fingerprint density at radius 3 is 2.65 bits per heavy atom. The molecular weight excluding hydrogens is 227 g/mol.